The van der Waals surface area contributed by atoms with Crippen molar-refractivity contribution in [3.05, 3.63) is 65.2 Å². The van der Waals surface area contributed by atoms with Crippen LogP contribution in [-0.4, -0.2) is 16.2 Å². The Kier molecular flexibility index (Phi) is 4.81. The number of carbonyl (C=O) groups is 1. The number of nitriles is 1. The summed E-state index contributed by atoms with van der Waals surface area (Å²) in [6, 6.07) is 11.1. The lowest BCUT2D eigenvalue weighted by Crippen LogP contribution is -2.01. The molecule has 1 aromatic heterocycles. The molecule has 22 heavy (non-hydrogen) atoms. The Balaban J connectivity index is 2.38. The molecule has 1 unspecified atom stereocenters. The number of halogens is 1. The van der Waals surface area contributed by atoms with Gasteiger partial charge in [-0.3, -0.25) is 4.79 Å². The summed E-state index contributed by atoms with van der Waals surface area (Å²) in [6.07, 6.45) is 3.76. The van der Waals surface area contributed by atoms with Crippen LogP contribution < -0.4 is 0 Å². The molecule has 0 radical (unpaired) electrons. The SMILES string of the molecule is CS(=O)(=N/C=C(\C#N)C(=O)c1ccco1)c1ccc(Cl)cc1. The molecule has 0 N–H and O–H groups in total. The lowest BCUT2D eigenvalue weighted by Gasteiger charge is -2.02. The first kappa shape index (κ1) is 16.0. The summed E-state index contributed by atoms with van der Waals surface area (Å²) < 4.78 is 21.4. The van der Waals surface area contributed by atoms with E-state index in [1.807, 2.05) is 0 Å². The van der Waals surface area contributed by atoms with E-state index in [1.165, 1.54) is 24.7 Å². The summed E-state index contributed by atoms with van der Waals surface area (Å²) >= 11 is 5.78. The lowest BCUT2D eigenvalue weighted by molar-refractivity contribution is 0.101. The second-order valence-corrected chi connectivity index (χ2v) is 7.05. The van der Waals surface area contributed by atoms with Gasteiger partial charge in [0.1, 0.15) is 11.6 Å². The molecule has 112 valence electrons. The molecule has 5 nitrogen and oxygen atoms in total. The molecule has 2 rings (SSSR count). The van der Waals surface area contributed by atoms with Crippen LogP contribution >= 0.6 is 11.6 Å². The van der Waals surface area contributed by atoms with Crippen molar-refractivity contribution in [3.8, 4) is 6.07 Å². The minimum Gasteiger partial charge on any atom is -0.461 e. The average molecular weight is 335 g/mol. The molecule has 2 aromatic rings. The van der Waals surface area contributed by atoms with E-state index in [4.69, 9.17) is 21.3 Å². The highest BCUT2D eigenvalue weighted by Gasteiger charge is 2.15. The first-order valence-corrected chi connectivity index (χ1v) is 8.39. The van der Waals surface area contributed by atoms with Crippen molar-refractivity contribution in [3.63, 3.8) is 0 Å². The fourth-order valence-corrected chi connectivity index (χ4v) is 2.78. The Hall–Kier alpha value is -2.36. The quantitative estimate of drug-likeness (QED) is 0.485. The fourth-order valence-electron chi connectivity index (χ4n) is 1.58. The Morgan fingerprint density at radius 1 is 1.36 bits per heavy atom. The number of rotatable bonds is 4. The van der Waals surface area contributed by atoms with E-state index in [1.54, 1.807) is 30.3 Å². The van der Waals surface area contributed by atoms with Crippen molar-refractivity contribution >= 4 is 27.1 Å². The maximum absolute atomic E-state index is 12.5. The van der Waals surface area contributed by atoms with Crippen molar-refractivity contribution in [2.45, 2.75) is 4.90 Å². The van der Waals surface area contributed by atoms with E-state index in [2.05, 4.69) is 4.36 Å². The van der Waals surface area contributed by atoms with E-state index >= 15 is 0 Å². The molecule has 0 aliphatic heterocycles. The second-order valence-electron chi connectivity index (χ2n) is 4.32. The molecule has 1 atom stereocenters. The summed E-state index contributed by atoms with van der Waals surface area (Å²) in [5, 5.41) is 9.56. The molecule has 0 fully saturated rings. The number of allylic oxidation sites excluding steroid dienone is 1. The fraction of sp³-hybridized carbons (Fsp3) is 0.0667. The first-order valence-electron chi connectivity index (χ1n) is 6.09. The van der Waals surface area contributed by atoms with Crippen LogP contribution in [0.4, 0.5) is 0 Å². The monoisotopic (exact) mass is 334 g/mol. The summed E-state index contributed by atoms with van der Waals surface area (Å²) in [7, 11) is -2.78. The van der Waals surface area contributed by atoms with Crippen LogP contribution in [0.25, 0.3) is 0 Å². The summed E-state index contributed by atoms with van der Waals surface area (Å²) in [4.78, 5) is 12.4. The third kappa shape index (κ3) is 3.64. The second kappa shape index (κ2) is 6.60. The van der Waals surface area contributed by atoms with Crippen molar-refractivity contribution in [2.75, 3.05) is 6.26 Å². The van der Waals surface area contributed by atoms with Gasteiger partial charge in [0.05, 0.1) is 22.2 Å². The van der Waals surface area contributed by atoms with Crippen molar-refractivity contribution in [1.29, 1.82) is 5.26 Å². The van der Waals surface area contributed by atoms with Gasteiger partial charge in [-0.25, -0.2) is 8.57 Å². The van der Waals surface area contributed by atoms with E-state index < -0.39 is 15.5 Å². The van der Waals surface area contributed by atoms with Crippen molar-refractivity contribution in [2.24, 2.45) is 4.36 Å². The van der Waals surface area contributed by atoms with Gasteiger partial charge in [0, 0.05) is 16.2 Å². The Labute approximate surface area is 133 Å². The predicted molar refractivity (Wildman–Crippen MR) is 82.9 cm³/mol. The molecule has 0 bridgehead atoms. The van der Waals surface area contributed by atoms with E-state index in [0.717, 1.165) is 6.20 Å². The smallest absolute Gasteiger partial charge is 0.240 e. The highest BCUT2D eigenvalue weighted by molar-refractivity contribution is 7.93. The van der Waals surface area contributed by atoms with Crippen LogP contribution in [0.2, 0.25) is 5.02 Å². The minimum atomic E-state index is -2.78. The summed E-state index contributed by atoms with van der Waals surface area (Å²) in [5.74, 6) is -0.584. The maximum atomic E-state index is 12.5. The van der Waals surface area contributed by atoms with Gasteiger partial charge in [-0.05, 0) is 36.4 Å². The molecule has 0 amide bonds. The zero-order chi connectivity index (χ0) is 16.2. The number of nitrogens with zero attached hydrogens (tertiary/aromatic N) is 2. The standard InChI is InChI=1S/C15H11ClN2O3S/c1-22(20,13-6-4-12(16)5-7-13)18-10-11(9-17)15(19)14-3-2-8-21-14/h2-8,10H,1H3/b11-10+. The van der Waals surface area contributed by atoms with Crippen LogP contribution in [0, 0.1) is 11.3 Å². The molecule has 7 heteroatoms. The molecule has 1 aromatic carbocycles. The van der Waals surface area contributed by atoms with Crippen LogP contribution in [0.15, 0.2) is 68.1 Å². The normalized spacial score (nSPS) is 14.0. The number of carbonyl (C=O) groups excluding carboxylic acids is 1. The predicted octanol–water partition coefficient (Wildman–Crippen LogP) is 3.68. The molecular weight excluding hydrogens is 324 g/mol. The number of Topliss-reactive ketones (excluding diaryl/α,β-unsaturated/α-hetero) is 1. The summed E-state index contributed by atoms with van der Waals surface area (Å²) in [5.41, 5.74) is -0.251. The first-order chi connectivity index (χ1) is 10.4. The Morgan fingerprint density at radius 3 is 2.59 bits per heavy atom. The third-order valence-electron chi connectivity index (χ3n) is 2.74. The number of hydrogen-bond donors (Lipinski definition) is 0. The van der Waals surface area contributed by atoms with E-state index in [0.29, 0.717) is 9.92 Å². The van der Waals surface area contributed by atoms with Crippen LogP contribution in [0.1, 0.15) is 10.6 Å². The molecule has 0 saturated heterocycles. The van der Waals surface area contributed by atoms with Gasteiger partial charge in [0.15, 0.2) is 5.76 Å². The van der Waals surface area contributed by atoms with E-state index in [-0.39, 0.29) is 11.3 Å². The molecule has 1 heterocycles. The molecule has 0 saturated carbocycles. The van der Waals surface area contributed by atoms with Gasteiger partial charge in [-0.1, -0.05) is 11.6 Å². The topological polar surface area (TPSA) is 83.4 Å². The average Bonchev–Trinajstić information content (AvgIpc) is 3.02. The van der Waals surface area contributed by atoms with Crippen LogP contribution in [-0.2, 0) is 9.73 Å². The Morgan fingerprint density at radius 2 is 2.05 bits per heavy atom. The van der Waals surface area contributed by atoms with Gasteiger partial charge >= 0.3 is 0 Å². The largest absolute Gasteiger partial charge is 0.461 e. The van der Waals surface area contributed by atoms with Gasteiger partial charge < -0.3 is 4.42 Å². The summed E-state index contributed by atoms with van der Waals surface area (Å²) in [6.45, 7) is 0. The van der Waals surface area contributed by atoms with Gasteiger partial charge in [0.25, 0.3) is 0 Å². The molecule has 0 spiro atoms. The minimum absolute atomic E-state index is 0.0251. The number of furan rings is 1. The lowest BCUT2D eigenvalue weighted by atomic mass is 10.1. The Bertz CT molecular complexity index is 869. The number of ketones is 1. The highest BCUT2D eigenvalue weighted by atomic mass is 35.5. The maximum Gasteiger partial charge on any atom is 0.240 e. The zero-order valence-electron chi connectivity index (χ0n) is 11.5. The van der Waals surface area contributed by atoms with Crippen LogP contribution in [0.3, 0.4) is 0 Å². The number of hydrogen-bond acceptors (Lipinski definition) is 5. The number of benzene rings is 1. The molecule has 0 aliphatic rings. The van der Waals surface area contributed by atoms with Gasteiger partial charge in [-0.15, -0.1) is 0 Å². The van der Waals surface area contributed by atoms with Crippen LogP contribution in [0.5, 0.6) is 0 Å². The zero-order valence-corrected chi connectivity index (χ0v) is 13.1. The molecular formula is C15H11ClN2O3S. The highest BCUT2D eigenvalue weighted by Crippen LogP contribution is 2.17. The van der Waals surface area contributed by atoms with Crippen molar-refractivity contribution in [1.82, 2.24) is 0 Å². The van der Waals surface area contributed by atoms with Gasteiger partial charge in [-0.2, -0.15) is 5.26 Å². The molecule has 0 aliphatic carbocycles. The third-order valence-corrected chi connectivity index (χ3v) is 4.65. The van der Waals surface area contributed by atoms with E-state index in [9.17, 15) is 9.00 Å². The van der Waals surface area contributed by atoms with Gasteiger partial charge in [0.2, 0.25) is 5.78 Å². The van der Waals surface area contributed by atoms with Crippen molar-refractivity contribution < 1.29 is 13.4 Å².